The van der Waals surface area contributed by atoms with Crippen LogP contribution in [0.3, 0.4) is 0 Å². The van der Waals surface area contributed by atoms with Crippen molar-refractivity contribution in [2.75, 3.05) is 0 Å². The molecule has 0 bridgehead atoms. The molecule has 1 aromatic heterocycles. The summed E-state index contributed by atoms with van der Waals surface area (Å²) in [6.07, 6.45) is 1.66. The van der Waals surface area contributed by atoms with Gasteiger partial charge in [-0.3, -0.25) is 0 Å². The van der Waals surface area contributed by atoms with Gasteiger partial charge in [0.2, 0.25) is 0 Å². The number of phenolic OH excluding ortho intramolecular Hbond substituents is 2. The molecule has 0 aliphatic rings. The van der Waals surface area contributed by atoms with Crippen molar-refractivity contribution >= 4 is 4.31 Å². The van der Waals surface area contributed by atoms with E-state index in [0.717, 1.165) is 16.9 Å². The van der Waals surface area contributed by atoms with Crippen LogP contribution < -0.4 is 24.8 Å². The van der Waals surface area contributed by atoms with Crippen molar-refractivity contribution in [3.63, 3.8) is 0 Å². The van der Waals surface area contributed by atoms with Gasteiger partial charge in [0.15, 0.2) is 0 Å². The maximum atomic E-state index is 8.92. The van der Waals surface area contributed by atoms with E-state index in [4.69, 9.17) is 14.6 Å². The maximum absolute atomic E-state index is 8.92. The molecular formula is C19H20Cl2O3Ti-2. The molecule has 0 aliphatic heterocycles. The van der Waals surface area contributed by atoms with E-state index in [0.29, 0.717) is 11.5 Å². The van der Waals surface area contributed by atoms with Gasteiger partial charge in [0, 0.05) is 0 Å². The van der Waals surface area contributed by atoms with Gasteiger partial charge in [0.05, 0.1) is 0 Å². The van der Waals surface area contributed by atoms with Crippen LogP contribution in [0, 0.1) is 13.8 Å². The minimum atomic E-state index is 0. The standard InChI is InChI=1S/2C7H8O.C5H4O.2ClH.Ti/c2*1-6-4-2-3-5-7(6)8;1-5-3-2-4-6-5;;;/h2*2-5,8H,1H3;1-4H;2*1H;/p-2. The number of rotatable bonds is 1. The third-order valence-corrected chi connectivity index (χ3v) is 3.36. The van der Waals surface area contributed by atoms with Crippen LogP contribution in [0.1, 0.15) is 16.9 Å². The Bertz CT molecular complexity index is 631. The summed E-state index contributed by atoms with van der Waals surface area (Å²) in [4.78, 5) is 0. The molecule has 2 N–H and O–H groups in total. The number of para-hydroxylation sites is 2. The minimum absolute atomic E-state index is 0. The Hall–Kier alpha value is -1.52. The molecule has 0 amide bonds. The van der Waals surface area contributed by atoms with Gasteiger partial charge in [0.1, 0.15) is 11.5 Å². The van der Waals surface area contributed by atoms with Gasteiger partial charge >= 0.3 is 52.9 Å². The Morgan fingerprint density at radius 1 is 0.760 bits per heavy atom. The summed E-state index contributed by atoms with van der Waals surface area (Å²) in [5.41, 5.74) is 1.85. The van der Waals surface area contributed by atoms with Crippen molar-refractivity contribution in [3.8, 4) is 11.5 Å². The number of benzene rings is 2. The van der Waals surface area contributed by atoms with Crippen molar-refractivity contribution in [2.45, 2.75) is 13.8 Å². The monoisotopic (exact) mass is 414 g/mol. The van der Waals surface area contributed by atoms with Crippen LogP contribution in [0.2, 0.25) is 0 Å². The van der Waals surface area contributed by atoms with Gasteiger partial charge in [-0.25, -0.2) is 0 Å². The van der Waals surface area contributed by atoms with E-state index in [-0.39, 0.29) is 24.8 Å². The third-order valence-electron chi connectivity index (χ3n) is 2.92. The summed E-state index contributed by atoms with van der Waals surface area (Å²) in [5.74, 6) is 1.67. The number of aromatic hydroxyl groups is 2. The number of hydrogen-bond acceptors (Lipinski definition) is 3. The van der Waals surface area contributed by atoms with E-state index in [1.54, 1.807) is 18.4 Å². The Morgan fingerprint density at radius 3 is 1.40 bits per heavy atom. The van der Waals surface area contributed by atoms with Gasteiger partial charge in [-0.05, 0) is 37.1 Å². The molecular weight excluding hydrogens is 395 g/mol. The number of aryl methyl sites for hydroxylation is 2. The summed E-state index contributed by atoms with van der Waals surface area (Å²) in [7, 11) is 0. The zero-order valence-electron chi connectivity index (χ0n) is 14.0. The zero-order valence-corrected chi connectivity index (χ0v) is 17.1. The Labute approximate surface area is 172 Å². The molecule has 2 aromatic carbocycles. The Morgan fingerprint density at radius 2 is 1.20 bits per heavy atom. The fourth-order valence-electron chi connectivity index (χ4n) is 1.50. The Balaban J connectivity index is 0. The zero-order chi connectivity index (χ0) is 17.1. The van der Waals surface area contributed by atoms with E-state index in [1.807, 2.05) is 86.7 Å². The van der Waals surface area contributed by atoms with Crippen LogP contribution in [-0.2, 0) is 20.0 Å². The van der Waals surface area contributed by atoms with E-state index in [9.17, 15) is 0 Å². The van der Waals surface area contributed by atoms with Crippen LogP contribution in [0.4, 0.5) is 0 Å². The quantitative estimate of drug-likeness (QED) is 0.471. The number of hydrogen-bond donors (Lipinski definition) is 2. The van der Waals surface area contributed by atoms with Gasteiger partial charge in [-0.2, -0.15) is 0 Å². The van der Waals surface area contributed by atoms with Gasteiger partial charge in [0.25, 0.3) is 0 Å². The Kier molecular flexibility index (Phi) is 15.2. The summed E-state index contributed by atoms with van der Waals surface area (Å²) in [6, 6.07) is 18.3. The predicted molar refractivity (Wildman–Crippen MR) is 89.6 cm³/mol. The van der Waals surface area contributed by atoms with Crippen molar-refractivity contribution < 1.29 is 59.4 Å². The summed E-state index contributed by atoms with van der Waals surface area (Å²) >= 11 is 1.94. The molecule has 0 saturated heterocycles. The molecule has 6 heteroatoms. The van der Waals surface area contributed by atoms with E-state index in [1.165, 1.54) is 0 Å². The van der Waals surface area contributed by atoms with Gasteiger partial charge in [-0.15, -0.1) is 0 Å². The molecule has 0 fully saturated rings. The van der Waals surface area contributed by atoms with E-state index in [2.05, 4.69) is 0 Å². The first-order chi connectivity index (χ1) is 11.0. The molecule has 1 heterocycles. The van der Waals surface area contributed by atoms with Crippen LogP contribution in [0.25, 0.3) is 0 Å². The van der Waals surface area contributed by atoms with Crippen molar-refractivity contribution in [3.05, 3.63) is 83.8 Å². The fraction of sp³-hybridized carbons (Fsp3) is 0.105. The van der Waals surface area contributed by atoms with Gasteiger partial charge in [-0.1, -0.05) is 36.4 Å². The second-order valence-electron chi connectivity index (χ2n) is 4.73. The molecule has 0 aliphatic carbocycles. The molecule has 3 aromatic rings. The molecule has 3 nitrogen and oxygen atoms in total. The molecule has 3 rings (SSSR count). The summed E-state index contributed by atoms with van der Waals surface area (Å²) in [5, 5.41) is 17.8. The van der Waals surface area contributed by atoms with Crippen LogP contribution in [-0.4, -0.2) is 14.5 Å². The molecule has 0 radical (unpaired) electrons. The van der Waals surface area contributed by atoms with Crippen molar-refractivity contribution in [2.24, 2.45) is 0 Å². The van der Waals surface area contributed by atoms with Gasteiger partial charge < -0.3 is 35.0 Å². The topological polar surface area (TPSA) is 53.6 Å². The molecule has 0 unspecified atom stereocenters. The number of halogens is 2. The molecule has 25 heavy (non-hydrogen) atoms. The van der Waals surface area contributed by atoms with E-state index >= 15 is 0 Å². The molecule has 0 spiro atoms. The second-order valence-corrected chi connectivity index (χ2v) is 5.18. The first kappa shape index (κ1) is 25.7. The van der Waals surface area contributed by atoms with Crippen LogP contribution >= 0.6 is 0 Å². The average molecular weight is 415 g/mol. The van der Waals surface area contributed by atoms with Crippen LogP contribution in [0.5, 0.6) is 11.5 Å². The number of phenols is 2. The van der Waals surface area contributed by atoms with Crippen LogP contribution in [0.15, 0.2) is 71.3 Å². The second kappa shape index (κ2) is 14.8. The number of furan rings is 1. The van der Waals surface area contributed by atoms with Crippen molar-refractivity contribution in [1.82, 2.24) is 0 Å². The fourth-order valence-corrected chi connectivity index (χ4v) is 1.76. The normalized spacial score (nSPS) is 8.20. The molecule has 134 valence electrons. The van der Waals surface area contributed by atoms with E-state index < -0.39 is 0 Å². The third kappa shape index (κ3) is 10.9. The molecule has 0 atom stereocenters. The average Bonchev–Trinajstić information content (AvgIpc) is 3.08. The summed E-state index contributed by atoms with van der Waals surface area (Å²) < 4.78 is 6.84. The SMILES string of the molecule is Cc1ccccc1O.Cc1ccccc1O.[Cl-].[Cl-].[Ti]=[CH]c1ccco1. The predicted octanol–water partition coefficient (Wildman–Crippen LogP) is -1.61. The van der Waals surface area contributed by atoms with Crippen molar-refractivity contribution in [1.29, 1.82) is 0 Å². The summed E-state index contributed by atoms with van der Waals surface area (Å²) in [6.45, 7) is 3.74. The molecule has 0 saturated carbocycles. The first-order valence-corrected chi connectivity index (χ1v) is 7.98. The first-order valence-electron chi connectivity index (χ1n) is 7.07.